The number of aryl methyl sites for hydroxylation is 1. The van der Waals surface area contributed by atoms with Gasteiger partial charge in [-0.1, -0.05) is 61.9 Å². The second-order valence-corrected chi connectivity index (χ2v) is 14.4. The van der Waals surface area contributed by atoms with Gasteiger partial charge in [-0.3, -0.25) is 19.2 Å². The third-order valence-electron chi connectivity index (χ3n) is 10.1. The Hall–Kier alpha value is -4.17. The normalized spacial score (nSPS) is 21.1. The van der Waals surface area contributed by atoms with Crippen LogP contribution in [0.4, 0.5) is 0 Å². The molecule has 0 saturated heterocycles. The van der Waals surface area contributed by atoms with Crippen LogP contribution >= 0.6 is 11.3 Å². The first-order valence-corrected chi connectivity index (χ1v) is 18.1. The van der Waals surface area contributed by atoms with Crippen molar-refractivity contribution in [3.05, 3.63) is 66.2 Å². The van der Waals surface area contributed by atoms with Crippen LogP contribution in [-0.4, -0.2) is 28.5 Å². The van der Waals surface area contributed by atoms with Gasteiger partial charge in [0.15, 0.2) is 11.5 Å². The standard InChI is InChI=1S/C40H43NO6S/c1-4-5-26-6-8-29(9-7-26)30-14-16-31(17-15-30)38-41-36-34(46-39(44)32-18-10-27(11-19-32)24(2)42)22-23-35(37(36)48-38)47-40(45)33-20-12-28(13-21-33)25(3)43/h6-9,14-17,22-23,27-28,32-33H,4-5,10-13,18-21H2,1-3H3. The lowest BCUT2D eigenvalue weighted by molar-refractivity contribution is -0.141. The largest absolute Gasteiger partial charge is 0.425 e. The van der Waals surface area contributed by atoms with E-state index in [1.807, 2.05) is 12.1 Å². The van der Waals surface area contributed by atoms with Crippen LogP contribution in [0.25, 0.3) is 31.9 Å². The number of esters is 2. The molecule has 250 valence electrons. The fourth-order valence-electron chi connectivity index (χ4n) is 7.06. The van der Waals surface area contributed by atoms with Gasteiger partial charge in [0.25, 0.3) is 0 Å². The van der Waals surface area contributed by atoms with Crippen molar-refractivity contribution in [1.82, 2.24) is 4.98 Å². The lowest BCUT2D eigenvalue weighted by Crippen LogP contribution is -2.28. The molecule has 0 spiro atoms. The first-order valence-electron chi connectivity index (χ1n) is 17.3. The molecule has 2 fully saturated rings. The Morgan fingerprint density at radius 2 is 1.06 bits per heavy atom. The molecule has 0 aliphatic heterocycles. The molecule has 0 N–H and O–H groups in total. The summed E-state index contributed by atoms with van der Waals surface area (Å²) in [7, 11) is 0. The number of rotatable bonds is 10. The van der Waals surface area contributed by atoms with Crippen molar-refractivity contribution < 1.29 is 28.7 Å². The van der Waals surface area contributed by atoms with Gasteiger partial charge in [-0.15, -0.1) is 11.3 Å². The number of carbonyl (C=O) groups is 4. The van der Waals surface area contributed by atoms with Gasteiger partial charge in [0.05, 0.1) is 11.8 Å². The predicted octanol–water partition coefficient (Wildman–Crippen LogP) is 9.18. The van der Waals surface area contributed by atoms with Crippen LogP contribution < -0.4 is 9.47 Å². The molecule has 0 amide bonds. The summed E-state index contributed by atoms with van der Waals surface area (Å²) in [6.45, 7) is 5.41. The molecule has 6 rings (SSSR count). The summed E-state index contributed by atoms with van der Waals surface area (Å²) in [5, 5.41) is 0.722. The maximum absolute atomic E-state index is 13.3. The van der Waals surface area contributed by atoms with E-state index in [0.717, 1.165) is 34.5 Å². The topological polar surface area (TPSA) is 99.6 Å². The summed E-state index contributed by atoms with van der Waals surface area (Å²) in [6, 6.07) is 20.2. The number of ketones is 2. The van der Waals surface area contributed by atoms with Gasteiger partial charge >= 0.3 is 11.9 Å². The van der Waals surface area contributed by atoms with Crippen molar-refractivity contribution in [2.45, 2.75) is 85.0 Å². The lowest BCUT2D eigenvalue weighted by atomic mass is 9.80. The maximum Gasteiger partial charge on any atom is 0.314 e. The van der Waals surface area contributed by atoms with Gasteiger partial charge in [0.1, 0.15) is 26.8 Å². The van der Waals surface area contributed by atoms with Crippen molar-refractivity contribution in [2.24, 2.45) is 23.7 Å². The van der Waals surface area contributed by atoms with Crippen LogP contribution in [0, 0.1) is 23.7 Å². The summed E-state index contributed by atoms with van der Waals surface area (Å²) >= 11 is 1.40. The van der Waals surface area contributed by atoms with E-state index in [4.69, 9.17) is 14.5 Å². The van der Waals surface area contributed by atoms with E-state index in [1.54, 1.807) is 26.0 Å². The molecular weight excluding hydrogens is 623 g/mol. The van der Waals surface area contributed by atoms with E-state index < -0.39 is 0 Å². The first kappa shape index (κ1) is 33.7. The first-order chi connectivity index (χ1) is 23.2. The molecule has 3 aromatic carbocycles. The highest BCUT2D eigenvalue weighted by atomic mass is 32.1. The van der Waals surface area contributed by atoms with Gasteiger partial charge in [-0.05, 0) is 100 Å². The van der Waals surface area contributed by atoms with Crippen LogP contribution in [0.1, 0.15) is 84.1 Å². The monoisotopic (exact) mass is 665 g/mol. The molecule has 0 bridgehead atoms. The number of aromatic nitrogens is 1. The van der Waals surface area contributed by atoms with Gasteiger partial charge in [-0.2, -0.15) is 0 Å². The van der Waals surface area contributed by atoms with Gasteiger partial charge in [0, 0.05) is 17.4 Å². The van der Waals surface area contributed by atoms with E-state index in [0.29, 0.717) is 73.1 Å². The Kier molecular flexibility index (Phi) is 10.5. The zero-order valence-corrected chi connectivity index (χ0v) is 28.8. The molecule has 0 atom stereocenters. The highest BCUT2D eigenvalue weighted by Gasteiger charge is 2.32. The SMILES string of the molecule is CCCc1ccc(-c2ccc(-c3nc4c(OC(=O)C5CCC(C(C)=O)CC5)ccc(OC(=O)C5CCC(C(C)=O)CC5)c4s3)cc2)cc1. The fourth-order valence-corrected chi connectivity index (χ4v) is 8.10. The average Bonchev–Trinajstić information content (AvgIpc) is 3.56. The molecule has 4 aromatic rings. The van der Waals surface area contributed by atoms with E-state index in [9.17, 15) is 19.2 Å². The Morgan fingerprint density at radius 1 is 0.625 bits per heavy atom. The van der Waals surface area contributed by atoms with Crippen LogP contribution in [0.2, 0.25) is 0 Å². The number of benzene rings is 3. The Balaban J connectivity index is 1.26. The number of thiazole rings is 1. The van der Waals surface area contributed by atoms with E-state index in [2.05, 4.69) is 43.3 Å². The molecule has 8 heteroatoms. The summed E-state index contributed by atoms with van der Waals surface area (Å²) in [5.74, 6) is -0.0833. The second-order valence-electron chi connectivity index (χ2n) is 13.4. The molecule has 2 aliphatic carbocycles. The highest BCUT2D eigenvalue weighted by molar-refractivity contribution is 7.22. The van der Waals surface area contributed by atoms with Crippen LogP contribution in [0.15, 0.2) is 60.7 Å². The van der Waals surface area contributed by atoms with E-state index in [1.165, 1.54) is 16.9 Å². The third kappa shape index (κ3) is 7.59. The number of nitrogens with zero attached hydrogens (tertiary/aromatic N) is 1. The minimum absolute atomic E-state index is 0.0140. The predicted molar refractivity (Wildman–Crippen MR) is 188 cm³/mol. The van der Waals surface area contributed by atoms with Crippen molar-refractivity contribution in [2.75, 3.05) is 0 Å². The summed E-state index contributed by atoms with van der Waals surface area (Å²) in [5.41, 5.74) is 4.95. The number of Topliss-reactive ketones (excluding diaryl/α,β-unsaturated/α-hetero) is 2. The van der Waals surface area contributed by atoms with Crippen molar-refractivity contribution >= 4 is 45.1 Å². The van der Waals surface area contributed by atoms with E-state index in [-0.39, 0.29) is 47.2 Å². The number of hydrogen-bond acceptors (Lipinski definition) is 8. The maximum atomic E-state index is 13.3. The summed E-state index contributed by atoms with van der Waals surface area (Å²) < 4.78 is 12.6. The van der Waals surface area contributed by atoms with E-state index >= 15 is 0 Å². The molecule has 1 heterocycles. The smallest absolute Gasteiger partial charge is 0.314 e. The third-order valence-corrected chi connectivity index (χ3v) is 11.2. The van der Waals surface area contributed by atoms with Crippen LogP contribution in [-0.2, 0) is 25.6 Å². The summed E-state index contributed by atoms with van der Waals surface area (Å²) in [4.78, 5) is 55.2. The number of carbonyl (C=O) groups excluding carboxylic acids is 4. The van der Waals surface area contributed by atoms with Crippen molar-refractivity contribution in [3.8, 4) is 33.2 Å². The molecule has 7 nitrogen and oxygen atoms in total. The Morgan fingerprint density at radius 3 is 1.56 bits per heavy atom. The molecular formula is C40H43NO6S. The minimum Gasteiger partial charge on any atom is -0.425 e. The Bertz CT molecular complexity index is 1710. The fraction of sp³-hybridized carbons (Fsp3) is 0.425. The number of fused-ring (bicyclic) bond motifs is 1. The Labute approximate surface area is 286 Å². The molecule has 0 unspecified atom stereocenters. The van der Waals surface area contributed by atoms with Crippen molar-refractivity contribution in [3.63, 3.8) is 0 Å². The zero-order chi connectivity index (χ0) is 33.8. The van der Waals surface area contributed by atoms with Gasteiger partial charge in [0.2, 0.25) is 0 Å². The van der Waals surface area contributed by atoms with Crippen LogP contribution in [0.3, 0.4) is 0 Å². The molecule has 2 aliphatic rings. The highest BCUT2D eigenvalue weighted by Crippen LogP contribution is 2.42. The van der Waals surface area contributed by atoms with Crippen LogP contribution in [0.5, 0.6) is 11.5 Å². The lowest BCUT2D eigenvalue weighted by Gasteiger charge is -2.25. The molecule has 2 saturated carbocycles. The molecule has 48 heavy (non-hydrogen) atoms. The number of ether oxygens (including phenoxy) is 2. The number of hydrogen-bond donors (Lipinski definition) is 0. The summed E-state index contributed by atoms with van der Waals surface area (Å²) in [6.07, 6.45) is 7.41. The quantitative estimate of drug-likeness (QED) is 0.123. The second kappa shape index (κ2) is 14.9. The average molecular weight is 666 g/mol. The zero-order valence-electron chi connectivity index (χ0n) is 28.0. The minimum atomic E-state index is -0.325. The molecule has 1 aromatic heterocycles. The van der Waals surface area contributed by atoms with Crippen molar-refractivity contribution in [1.29, 1.82) is 0 Å². The van der Waals surface area contributed by atoms with Gasteiger partial charge in [-0.25, -0.2) is 4.98 Å². The van der Waals surface area contributed by atoms with Gasteiger partial charge < -0.3 is 9.47 Å². The molecule has 0 radical (unpaired) electrons.